The predicted molar refractivity (Wildman–Crippen MR) is 116 cm³/mol. The van der Waals surface area contributed by atoms with Crippen molar-refractivity contribution < 1.29 is 13.2 Å². The standard InChI is InChI=1S/C21H30N4O3S/c1-5-14-25(6-2)29(27,28)20-9-7-8-19(10-11-20)17-23(4)21(26)12-15-24-16-13-22-18(24)3/h8-13,15-16H,5-7,14,17H2,1-4H3. The van der Waals surface area contributed by atoms with Crippen molar-refractivity contribution in [3.05, 3.63) is 59.1 Å². The van der Waals surface area contributed by atoms with Crippen molar-refractivity contribution in [2.24, 2.45) is 0 Å². The summed E-state index contributed by atoms with van der Waals surface area (Å²) in [6.07, 6.45) is 15.0. The van der Waals surface area contributed by atoms with Crippen LogP contribution in [0.25, 0.3) is 6.20 Å². The molecule has 0 bridgehead atoms. The molecular formula is C21H30N4O3S. The molecule has 1 aromatic heterocycles. The van der Waals surface area contributed by atoms with Crippen LogP contribution in [0.15, 0.2) is 53.3 Å². The van der Waals surface area contributed by atoms with Crippen LogP contribution in [0.4, 0.5) is 0 Å². The molecule has 0 aliphatic heterocycles. The van der Waals surface area contributed by atoms with Crippen molar-refractivity contribution in [1.29, 1.82) is 0 Å². The van der Waals surface area contributed by atoms with Crippen LogP contribution in [0.5, 0.6) is 0 Å². The van der Waals surface area contributed by atoms with Gasteiger partial charge in [-0.2, -0.15) is 4.31 Å². The van der Waals surface area contributed by atoms with Crippen LogP contribution in [0, 0.1) is 6.92 Å². The highest BCUT2D eigenvalue weighted by molar-refractivity contribution is 7.93. The van der Waals surface area contributed by atoms with E-state index in [0.717, 1.165) is 17.8 Å². The summed E-state index contributed by atoms with van der Waals surface area (Å²) >= 11 is 0. The predicted octanol–water partition coefficient (Wildman–Crippen LogP) is 2.95. The molecule has 0 aromatic carbocycles. The SMILES string of the molecule is CCCN(CC)S(=O)(=O)C1=CCC=C(CN(C)C(=O)C=Cn2ccnc2C)C=C1. The minimum Gasteiger partial charge on any atom is -0.338 e. The van der Waals surface area contributed by atoms with Gasteiger partial charge in [-0.25, -0.2) is 13.4 Å². The molecule has 0 spiro atoms. The first-order valence-electron chi connectivity index (χ1n) is 9.79. The first kappa shape index (κ1) is 22.8. The normalized spacial score (nSPS) is 14.8. The summed E-state index contributed by atoms with van der Waals surface area (Å²) in [6, 6.07) is 0. The maximum absolute atomic E-state index is 12.8. The Morgan fingerprint density at radius 3 is 2.66 bits per heavy atom. The van der Waals surface area contributed by atoms with Crippen molar-refractivity contribution in [3.63, 3.8) is 0 Å². The smallest absolute Gasteiger partial charge is 0.248 e. The quantitative estimate of drug-likeness (QED) is 0.578. The van der Waals surface area contributed by atoms with Crippen LogP contribution in [0.1, 0.15) is 32.5 Å². The lowest BCUT2D eigenvalue weighted by Gasteiger charge is -2.20. The van der Waals surface area contributed by atoms with E-state index < -0.39 is 10.0 Å². The number of likely N-dealkylation sites (N-methyl/N-ethyl adjacent to an activating group) is 1. The molecule has 1 amide bonds. The van der Waals surface area contributed by atoms with Crippen molar-refractivity contribution in [3.8, 4) is 0 Å². The Morgan fingerprint density at radius 1 is 1.28 bits per heavy atom. The van der Waals surface area contributed by atoms with E-state index in [9.17, 15) is 13.2 Å². The fraction of sp³-hybridized carbons (Fsp3) is 0.429. The third-order valence-corrected chi connectivity index (χ3v) is 6.68. The molecule has 0 atom stereocenters. The summed E-state index contributed by atoms with van der Waals surface area (Å²) in [7, 11) is -1.77. The lowest BCUT2D eigenvalue weighted by atomic mass is 10.2. The second-order valence-corrected chi connectivity index (χ2v) is 8.78. The Morgan fingerprint density at radius 2 is 2.03 bits per heavy atom. The van der Waals surface area contributed by atoms with E-state index in [1.807, 2.05) is 26.8 Å². The number of carbonyl (C=O) groups is 1. The Labute approximate surface area is 173 Å². The number of allylic oxidation sites excluding steroid dienone is 3. The maximum Gasteiger partial charge on any atom is 0.248 e. The van der Waals surface area contributed by atoms with Gasteiger partial charge in [-0.05, 0) is 31.4 Å². The second kappa shape index (κ2) is 10.4. The summed E-state index contributed by atoms with van der Waals surface area (Å²) in [5, 5.41) is 0. The van der Waals surface area contributed by atoms with E-state index in [0.29, 0.717) is 31.0 Å². The van der Waals surface area contributed by atoms with E-state index in [4.69, 9.17) is 0 Å². The Bertz CT molecular complexity index is 939. The number of aromatic nitrogens is 2. The molecule has 1 aliphatic carbocycles. The van der Waals surface area contributed by atoms with Crippen LogP contribution in [0.2, 0.25) is 0 Å². The minimum absolute atomic E-state index is 0.141. The average Bonchev–Trinajstić information content (AvgIpc) is 2.95. The lowest BCUT2D eigenvalue weighted by molar-refractivity contribution is -0.124. The van der Waals surface area contributed by atoms with Crippen LogP contribution in [0.3, 0.4) is 0 Å². The van der Waals surface area contributed by atoms with Crippen LogP contribution in [-0.2, 0) is 14.8 Å². The molecule has 29 heavy (non-hydrogen) atoms. The Hall–Kier alpha value is -2.45. The number of imidazole rings is 1. The van der Waals surface area contributed by atoms with Gasteiger partial charge in [0.15, 0.2) is 0 Å². The number of hydrogen-bond donors (Lipinski definition) is 0. The van der Waals surface area contributed by atoms with Gasteiger partial charge in [0.1, 0.15) is 5.82 Å². The highest BCUT2D eigenvalue weighted by atomic mass is 32.2. The third-order valence-electron chi connectivity index (χ3n) is 4.66. The number of hydrogen-bond acceptors (Lipinski definition) is 4. The molecule has 0 N–H and O–H groups in total. The molecule has 8 heteroatoms. The fourth-order valence-electron chi connectivity index (χ4n) is 2.98. The van der Waals surface area contributed by atoms with E-state index in [-0.39, 0.29) is 5.91 Å². The Kier molecular flexibility index (Phi) is 8.16. The summed E-state index contributed by atoms with van der Waals surface area (Å²) in [6.45, 7) is 7.02. The zero-order valence-electron chi connectivity index (χ0n) is 17.6. The van der Waals surface area contributed by atoms with Gasteiger partial charge in [0.25, 0.3) is 0 Å². The highest BCUT2D eigenvalue weighted by Gasteiger charge is 2.23. The van der Waals surface area contributed by atoms with Crippen LogP contribution >= 0.6 is 0 Å². The fourth-order valence-corrected chi connectivity index (χ4v) is 4.58. The number of rotatable bonds is 9. The summed E-state index contributed by atoms with van der Waals surface area (Å²) < 4.78 is 28.9. The first-order valence-corrected chi connectivity index (χ1v) is 11.2. The van der Waals surface area contributed by atoms with Gasteiger partial charge >= 0.3 is 0 Å². The van der Waals surface area contributed by atoms with Gasteiger partial charge in [-0.1, -0.05) is 32.1 Å². The lowest BCUT2D eigenvalue weighted by Crippen LogP contribution is -2.32. The Balaban J connectivity index is 2.02. The summed E-state index contributed by atoms with van der Waals surface area (Å²) in [4.78, 5) is 18.4. The monoisotopic (exact) mass is 418 g/mol. The molecule has 0 saturated carbocycles. The average molecular weight is 419 g/mol. The van der Waals surface area contributed by atoms with Gasteiger partial charge in [0.05, 0.1) is 4.91 Å². The zero-order chi connectivity index (χ0) is 21.4. The number of nitrogens with zero attached hydrogens (tertiary/aromatic N) is 4. The second-order valence-electron chi connectivity index (χ2n) is 6.84. The van der Waals surface area contributed by atoms with E-state index >= 15 is 0 Å². The molecular weight excluding hydrogens is 388 g/mol. The van der Waals surface area contributed by atoms with Gasteiger partial charge in [0.2, 0.25) is 15.9 Å². The summed E-state index contributed by atoms with van der Waals surface area (Å²) in [5.74, 6) is 0.660. The molecule has 0 saturated heterocycles. The van der Waals surface area contributed by atoms with Gasteiger partial charge in [0, 0.05) is 51.4 Å². The third kappa shape index (κ3) is 6.01. The van der Waals surface area contributed by atoms with Gasteiger partial charge in [-0.15, -0.1) is 0 Å². The number of amides is 1. The molecule has 1 heterocycles. The number of carbonyl (C=O) groups excluding carboxylic acids is 1. The molecule has 0 unspecified atom stereocenters. The van der Waals surface area contributed by atoms with E-state index in [1.54, 1.807) is 53.3 Å². The van der Waals surface area contributed by atoms with Crippen molar-refractivity contribution in [2.75, 3.05) is 26.7 Å². The minimum atomic E-state index is -3.49. The zero-order valence-corrected chi connectivity index (χ0v) is 18.4. The molecule has 158 valence electrons. The largest absolute Gasteiger partial charge is 0.338 e. The topological polar surface area (TPSA) is 75.5 Å². The molecule has 7 nitrogen and oxygen atoms in total. The van der Waals surface area contributed by atoms with E-state index in [2.05, 4.69) is 4.98 Å². The van der Waals surface area contributed by atoms with E-state index in [1.165, 1.54) is 10.4 Å². The molecule has 0 fully saturated rings. The van der Waals surface area contributed by atoms with Crippen LogP contribution < -0.4 is 0 Å². The van der Waals surface area contributed by atoms with Crippen molar-refractivity contribution >= 4 is 22.1 Å². The molecule has 2 rings (SSSR count). The molecule has 0 radical (unpaired) electrons. The maximum atomic E-state index is 12.8. The molecule has 1 aromatic rings. The van der Waals surface area contributed by atoms with Crippen molar-refractivity contribution in [2.45, 2.75) is 33.6 Å². The number of sulfonamides is 1. The van der Waals surface area contributed by atoms with Gasteiger partial charge < -0.3 is 9.47 Å². The van der Waals surface area contributed by atoms with Crippen LogP contribution in [-0.4, -0.2) is 59.8 Å². The highest BCUT2D eigenvalue weighted by Crippen LogP contribution is 2.20. The van der Waals surface area contributed by atoms with Gasteiger partial charge in [-0.3, -0.25) is 4.79 Å². The molecule has 1 aliphatic rings. The van der Waals surface area contributed by atoms with Crippen molar-refractivity contribution in [1.82, 2.24) is 18.8 Å². The summed E-state index contributed by atoms with van der Waals surface area (Å²) in [5.41, 5.74) is 0.896. The first-order chi connectivity index (χ1) is 13.8. The number of aryl methyl sites for hydroxylation is 1.